The first-order valence-corrected chi connectivity index (χ1v) is 5.87. The van der Waals surface area contributed by atoms with E-state index < -0.39 is 0 Å². The van der Waals surface area contributed by atoms with Gasteiger partial charge < -0.3 is 15.4 Å². The van der Waals surface area contributed by atoms with Gasteiger partial charge in [0.05, 0.1) is 0 Å². The highest BCUT2D eigenvalue weighted by atomic mass is 16.5. The summed E-state index contributed by atoms with van der Waals surface area (Å²) in [7, 11) is 2.11. The van der Waals surface area contributed by atoms with Crippen LogP contribution in [0.2, 0.25) is 0 Å². The van der Waals surface area contributed by atoms with Gasteiger partial charge >= 0.3 is 0 Å². The van der Waals surface area contributed by atoms with Crippen molar-refractivity contribution in [1.82, 2.24) is 4.90 Å². The molecule has 0 aliphatic carbocycles. The molecule has 3 nitrogen and oxygen atoms in total. The molecule has 0 spiro atoms. The van der Waals surface area contributed by atoms with E-state index in [0.717, 1.165) is 24.4 Å². The molecule has 3 heteroatoms. The number of nitrogens with two attached hydrogens (primary N) is 1. The summed E-state index contributed by atoms with van der Waals surface area (Å²) in [5, 5.41) is 0. The van der Waals surface area contributed by atoms with Gasteiger partial charge in [-0.3, -0.25) is 0 Å². The molecule has 16 heavy (non-hydrogen) atoms. The van der Waals surface area contributed by atoms with Gasteiger partial charge in [-0.15, -0.1) is 0 Å². The van der Waals surface area contributed by atoms with Crippen molar-refractivity contribution >= 4 is 0 Å². The lowest BCUT2D eigenvalue weighted by atomic mass is 10.2. The highest BCUT2D eigenvalue weighted by Gasteiger charge is 2.01. The summed E-state index contributed by atoms with van der Waals surface area (Å²) < 4.78 is 5.72. The molecule has 0 unspecified atom stereocenters. The van der Waals surface area contributed by atoms with Crippen molar-refractivity contribution in [3.8, 4) is 5.75 Å². The zero-order valence-electron chi connectivity index (χ0n) is 10.3. The maximum atomic E-state index is 5.72. The van der Waals surface area contributed by atoms with Gasteiger partial charge in [0.15, 0.2) is 0 Å². The molecule has 0 aliphatic rings. The predicted octanol–water partition coefficient (Wildman–Crippen LogP) is 1.87. The molecule has 90 valence electrons. The molecule has 1 aromatic rings. The number of rotatable bonds is 7. The number of para-hydroxylation sites is 1. The van der Waals surface area contributed by atoms with Crippen LogP contribution >= 0.6 is 0 Å². The molecule has 0 atom stereocenters. The van der Waals surface area contributed by atoms with Crippen LogP contribution in [0.3, 0.4) is 0 Å². The van der Waals surface area contributed by atoms with Crippen molar-refractivity contribution in [2.24, 2.45) is 5.73 Å². The van der Waals surface area contributed by atoms with Crippen LogP contribution < -0.4 is 10.5 Å². The van der Waals surface area contributed by atoms with E-state index in [1.165, 1.54) is 6.42 Å². The van der Waals surface area contributed by atoms with Crippen molar-refractivity contribution in [3.05, 3.63) is 29.8 Å². The highest BCUT2D eigenvalue weighted by Crippen LogP contribution is 2.16. The van der Waals surface area contributed by atoms with Gasteiger partial charge in [0.2, 0.25) is 0 Å². The molecular weight excluding hydrogens is 200 g/mol. The molecule has 0 amide bonds. The number of benzene rings is 1. The number of hydrogen-bond donors (Lipinski definition) is 1. The van der Waals surface area contributed by atoms with E-state index in [2.05, 4.69) is 18.9 Å². The van der Waals surface area contributed by atoms with Gasteiger partial charge in [-0.1, -0.05) is 25.1 Å². The number of likely N-dealkylation sites (N-methyl/N-ethyl adjacent to an activating group) is 1. The second-order valence-corrected chi connectivity index (χ2v) is 3.96. The third-order valence-electron chi connectivity index (χ3n) is 2.53. The van der Waals surface area contributed by atoms with Crippen molar-refractivity contribution < 1.29 is 4.74 Å². The average Bonchev–Trinajstić information content (AvgIpc) is 2.30. The van der Waals surface area contributed by atoms with Gasteiger partial charge in [0, 0.05) is 18.7 Å². The van der Waals surface area contributed by atoms with Gasteiger partial charge in [-0.25, -0.2) is 0 Å². The van der Waals surface area contributed by atoms with Crippen LogP contribution in [0.1, 0.15) is 18.9 Å². The van der Waals surface area contributed by atoms with Gasteiger partial charge in [0.25, 0.3) is 0 Å². The molecule has 0 radical (unpaired) electrons. The van der Waals surface area contributed by atoms with E-state index in [4.69, 9.17) is 10.5 Å². The Hall–Kier alpha value is -1.06. The summed E-state index contributed by atoms with van der Waals surface area (Å²) in [6, 6.07) is 7.94. The normalized spacial score (nSPS) is 10.8. The molecule has 0 saturated heterocycles. The molecule has 0 aliphatic heterocycles. The van der Waals surface area contributed by atoms with Crippen molar-refractivity contribution in [3.63, 3.8) is 0 Å². The SMILES string of the molecule is CCCN(C)CCOc1ccccc1CN. The Morgan fingerprint density at radius 2 is 2.00 bits per heavy atom. The second kappa shape index (κ2) is 7.25. The van der Waals surface area contributed by atoms with E-state index in [-0.39, 0.29) is 0 Å². The molecule has 1 rings (SSSR count). The van der Waals surface area contributed by atoms with Crippen LogP contribution in [0, 0.1) is 0 Å². The third kappa shape index (κ3) is 4.21. The van der Waals surface area contributed by atoms with Crippen LogP contribution in [0.5, 0.6) is 5.75 Å². The van der Waals surface area contributed by atoms with Gasteiger partial charge in [-0.05, 0) is 26.1 Å². The Balaban J connectivity index is 2.36. The smallest absolute Gasteiger partial charge is 0.123 e. The molecule has 0 bridgehead atoms. The molecule has 2 N–H and O–H groups in total. The highest BCUT2D eigenvalue weighted by molar-refractivity contribution is 5.32. The van der Waals surface area contributed by atoms with Crippen LogP contribution in [0.4, 0.5) is 0 Å². The van der Waals surface area contributed by atoms with Gasteiger partial charge in [-0.2, -0.15) is 0 Å². The molecule has 0 saturated carbocycles. The lowest BCUT2D eigenvalue weighted by molar-refractivity contribution is 0.236. The maximum absolute atomic E-state index is 5.72. The number of nitrogens with zero attached hydrogens (tertiary/aromatic N) is 1. The van der Waals surface area contributed by atoms with Crippen molar-refractivity contribution in [2.45, 2.75) is 19.9 Å². The van der Waals surface area contributed by atoms with Crippen LogP contribution in [0.25, 0.3) is 0 Å². The zero-order valence-corrected chi connectivity index (χ0v) is 10.3. The fourth-order valence-electron chi connectivity index (χ4n) is 1.62. The lowest BCUT2D eigenvalue weighted by Gasteiger charge is -2.16. The topological polar surface area (TPSA) is 38.5 Å². The summed E-state index contributed by atoms with van der Waals surface area (Å²) in [4.78, 5) is 2.27. The minimum atomic E-state index is 0.529. The number of ether oxygens (including phenoxy) is 1. The van der Waals surface area contributed by atoms with E-state index in [0.29, 0.717) is 13.2 Å². The first-order chi connectivity index (χ1) is 7.77. The fraction of sp³-hybridized carbons (Fsp3) is 0.538. The minimum Gasteiger partial charge on any atom is -0.492 e. The van der Waals surface area contributed by atoms with E-state index in [1.54, 1.807) is 0 Å². The summed E-state index contributed by atoms with van der Waals surface area (Å²) in [5.74, 6) is 0.912. The molecular formula is C13H22N2O. The molecule has 1 aromatic carbocycles. The first kappa shape index (κ1) is 13.0. The summed E-state index contributed by atoms with van der Waals surface area (Å²) >= 11 is 0. The summed E-state index contributed by atoms with van der Waals surface area (Å²) in [6.07, 6.45) is 1.18. The van der Waals surface area contributed by atoms with E-state index in [1.807, 2.05) is 24.3 Å². The molecule has 0 fully saturated rings. The second-order valence-electron chi connectivity index (χ2n) is 3.96. The Bertz CT molecular complexity index is 302. The Morgan fingerprint density at radius 3 is 2.69 bits per heavy atom. The fourth-order valence-corrected chi connectivity index (χ4v) is 1.62. The van der Waals surface area contributed by atoms with Crippen LogP contribution in [0.15, 0.2) is 24.3 Å². The summed E-state index contributed by atoms with van der Waals surface area (Å²) in [5.41, 5.74) is 6.71. The standard InChI is InChI=1S/C13H22N2O/c1-3-8-15(2)9-10-16-13-7-5-4-6-12(13)11-14/h4-7H,3,8-11,14H2,1-2H3. The zero-order chi connectivity index (χ0) is 11.8. The largest absolute Gasteiger partial charge is 0.492 e. The predicted molar refractivity (Wildman–Crippen MR) is 67.6 cm³/mol. The van der Waals surface area contributed by atoms with Crippen LogP contribution in [-0.2, 0) is 6.54 Å². The monoisotopic (exact) mass is 222 g/mol. The Morgan fingerprint density at radius 1 is 1.25 bits per heavy atom. The Labute approximate surface area is 98.2 Å². The van der Waals surface area contributed by atoms with Crippen molar-refractivity contribution in [1.29, 1.82) is 0 Å². The van der Waals surface area contributed by atoms with Crippen molar-refractivity contribution in [2.75, 3.05) is 26.7 Å². The molecule has 0 heterocycles. The van der Waals surface area contributed by atoms with E-state index in [9.17, 15) is 0 Å². The maximum Gasteiger partial charge on any atom is 0.123 e. The average molecular weight is 222 g/mol. The third-order valence-corrected chi connectivity index (χ3v) is 2.53. The number of hydrogen-bond acceptors (Lipinski definition) is 3. The minimum absolute atomic E-state index is 0.529. The quantitative estimate of drug-likeness (QED) is 0.765. The van der Waals surface area contributed by atoms with Crippen LogP contribution in [-0.4, -0.2) is 31.6 Å². The van der Waals surface area contributed by atoms with E-state index >= 15 is 0 Å². The van der Waals surface area contributed by atoms with Gasteiger partial charge in [0.1, 0.15) is 12.4 Å². The first-order valence-electron chi connectivity index (χ1n) is 5.87. The molecule has 0 aromatic heterocycles. The lowest BCUT2D eigenvalue weighted by Crippen LogP contribution is -2.25. The Kier molecular flexibility index (Phi) is 5.90. The summed E-state index contributed by atoms with van der Waals surface area (Å²) in [6.45, 7) is 5.49.